The molecule has 0 aliphatic heterocycles. The van der Waals surface area contributed by atoms with E-state index in [1.54, 1.807) is 0 Å². The number of hydrogen-bond acceptors (Lipinski definition) is 2. The van der Waals surface area contributed by atoms with Crippen molar-refractivity contribution in [2.75, 3.05) is 0 Å². The van der Waals surface area contributed by atoms with Gasteiger partial charge in [-0.1, -0.05) is 30.3 Å². The Hall–Kier alpha value is -2.23. The zero-order valence-electron chi connectivity index (χ0n) is 12.3. The number of aryl methyl sites for hydroxylation is 1. The molecule has 0 atom stereocenters. The van der Waals surface area contributed by atoms with Crippen molar-refractivity contribution >= 4 is 5.91 Å². The average molecular weight is 286 g/mol. The molecule has 1 aromatic heterocycles. The van der Waals surface area contributed by atoms with Gasteiger partial charge in [0.05, 0.1) is 11.8 Å². The van der Waals surface area contributed by atoms with Crippen LogP contribution < -0.4 is 5.32 Å². The Labute approximate surface area is 124 Å². The van der Waals surface area contributed by atoms with Crippen molar-refractivity contribution in [3.8, 4) is 0 Å². The van der Waals surface area contributed by atoms with Gasteiger partial charge in [0.25, 0.3) is 5.91 Å². The highest BCUT2D eigenvalue weighted by Crippen LogP contribution is 2.15. The number of amides is 1. The van der Waals surface area contributed by atoms with E-state index in [1.807, 2.05) is 32.0 Å². The third kappa shape index (κ3) is 4.38. The van der Waals surface area contributed by atoms with E-state index in [4.69, 9.17) is 0 Å². The van der Waals surface area contributed by atoms with Crippen LogP contribution in [-0.4, -0.2) is 16.4 Å². The first-order valence-corrected chi connectivity index (χ1v) is 6.94. The minimum absolute atomic E-state index is 0.0257. The second-order valence-electron chi connectivity index (χ2n) is 5.68. The summed E-state index contributed by atoms with van der Waals surface area (Å²) < 4.78 is 13.5. The fourth-order valence-corrected chi connectivity index (χ4v) is 2.10. The lowest BCUT2D eigenvalue weighted by Gasteiger charge is -2.26. The predicted molar refractivity (Wildman–Crippen MR) is 80.5 cm³/mol. The van der Waals surface area contributed by atoms with Gasteiger partial charge >= 0.3 is 0 Å². The van der Waals surface area contributed by atoms with Crippen LogP contribution in [0.1, 0.15) is 36.2 Å². The van der Waals surface area contributed by atoms with Crippen molar-refractivity contribution < 1.29 is 9.18 Å². The van der Waals surface area contributed by atoms with E-state index in [1.165, 1.54) is 17.8 Å². The van der Waals surface area contributed by atoms with Crippen molar-refractivity contribution in [2.45, 2.75) is 32.2 Å². The van der Waals surface area contributed by atoms with Gasteiger partial charge in [0, 0.05) is 11.7 Å². The minimum atomic E-state index is -0.603. The number of nitrogens with one attached hydrogen (secondary N) is 1. The van der Waals surface area contributed by atoms with Gasteiger partial charge in [-0.15, -0.1) is 0 Å². The van der Waals surface area contributed by atoms with Crippen LogP contribution in [0.15, 0.2) is 48.8 Å². The van der Waals surface area contributed by atoms with Gasteiger partial charge in [-0.05, 0) is 38.3 Å². The number of benzene rings is 1. The lowest BCUT2D eigenvalue weighted by atomic mass is 9.95. The molecule has 110 valence electrons. The minimum Gasteiger partial charge on any atom is -0.347 e. The smallest absolute Gasteiger partial charge is 0.254 e. The normalized spacial score (nSPS) is 11.2. The van der Waals surface area contributed by atoms with Crippen LogP contribution in [0.25, 0.3) is 0 Å². The second kappa shape index (κ2) is 6.48. The summed E-state index contributed by atoms with van der Waals surface area (Å²) in [6.07, 6.45) is 4.09. The highest BCUT2D eigenvalue weighted by atomic mass is 19.1. The summed E-state index contributed by atoms with van der Waals surface area (Å²) in [6, 6.07) is 11.5. The lowest BCUT2D eigenvalue weighted by Crippen LogP contribution is -2.44. The van der Waals surface area contributed by atoms with Gasteiger partial charge in [-0.2, -0.15) is 0 Å². The van der Waals surface area contributed by atoms with Gasteiger partial charge in [0.2, 0.25) is 0 Å². The first-order valence-electron chi connectivity index (χ1n) is 6.94. The highest BCUT2D eigenvalue weighted by molar-refractivity contribution is 5.94. The Morgan fingerprint density at radius 2 is 1.95 bits per heavy atom. The molecule has 0 bridgehead atoms. The predicted octanol–water partition coefficient (Wildman–Crippen LogP) is 3.36. The van der Waals surface area contributed by atoms with Crippen LogP contribution in [-0.2, 0) is 6.42 Å². The van der Waals surface area contributed by atoms with E-state index >= 15 is 0 Å². The molecule has 0 unspecified atom stereocenters. The Morgan fingerprint density at radius 1 is 1.24 bits per heavy atom. The van der Waals surface area contributed by atoms with Crippen LogP contribution in [0.3, 0.4) is 0 Å². The third-order valence-electron chi connectivity index (χ3n) is 3.35. The maximum atomic E-state index is 13.5. The van der Waals surface area contributed by atoms with Crippen molar-refractivity contribution in [3.05, 3.63) is 65.7 Å². The Balaban J connectivity index is 1.97. The summed E-state index contributed by atoms with van der Waals surface area (Å²) in [5.74, 6) is -1.01. The van der Waals surface area contributed by atoms with Crippen LogP contribution in [0.2, 0.25) is 0 Å². The van der Waals surface area contributed by atoms with E-state index < -0.39 is 17.3 Å². The molecular weight excluding hydrogens is 267 g/mol. The Morgan fingerprint density at radius 3 is 2.62 bits per heavy atom. The number of rotatable bonds is 5. The van der Waals surface area contributed by atoms with Crippen LogP contribution in [0, 0.1) is 5.82 Å². The van der Waals surface area contributed by atoms with Crippen molar-refractivity contribution in [1.29, 1.82) is 0 Å². The van der Waals surface area contributed by atoms with E-state index in [0.717, 1.165) is 19.0 Å². The quantitative estimate of drug-likeness (QED) is 0.915. The maximum absolute atomic E-state index is 13.5. The maximum Gasteiger partial charge on any atom is 0.254 e. The van der Waals surface area contributed by atoms with E-state index in [-0.39, 0.29) is 5.56 Å². The Bertz CT molecular complexity index is 611. The molecule has 0 saturated carbocycles. The molecular formula is C17H19FN2O. The fourth-order valence-electron chi connectivity index (χ4n) is 2.10. The van der Waals surface area contributed by atoms with Crippen molar-refractivity contribution in [3.63, 3.8) is 0 Å². The number of aromatic nitrogens is 1. The molecule has 4 heteroatoms. The van der Waals surface area contributed by atoms with E-state index in [0.29, 0.717) is 0 Å². The number of nitrogens with zero attached hydrogens (tertiary/aromatic N) is 1. The molecule has 2 rings (SSSR count). The van der Waals surface area contributed by atoms with Gasteiger partial charge < -0.3 is 5.32 Å². The Kier molecular flexibility index (Phi) is 4.68. The zero-order valence-corrected chi connectivity index (χ0v) is 12.3. The van der Waals surface area contributed by atoms with Crippen LogP contribution >= 0.6 is 0 Å². The molecule has 0 fully saturated rings. The molecule has 1 amide bonds. The van der Waals surface area contributed by atoms with Crippen LogP contribution in [0.5, 0.6) is 0 Å². The van der Waals surface area contributed by atoms with Crippen molar-refractivity contribution in [1.82, 2.24) is 10.3 Å². The third-order valence-corrected chi connectivity index (χ3v) is 3.35. The summed E-state index contributed by atoms with van der Waals surface area (Å²) in [5.41, 5.74) is 0.829. The molecule has 0 radical (unpaired) electrons. The first-order chi connectivity index (χ1) is 9.98. The molecule has 0 aliphatic rings. The second-order valence-corrected chi connectivity index (χ2v) is 5.68. The average Bonchev–Trinajstić information content (AvgIpc) is 2.46. The SMILES string of the molecule is CC(C)(CCc1ccccc1)NC(=O)c1ccncc1F. The topological polar surface area (TPSA) is 42.0 Å². The van der Waals surface area contributed by atoms with Gasteiger partial charge in [-0.3, -0.25) is 9.78 Å². The molecule has 0 aliphatic carbocycles. The molecule has 1 aromatic carbocycles. The van der Waals surface area contributed by atoms with Gasteiger partial charge in [-0.25, -0.2) is 4.39 Å². The molecule has 1 N–H and O–H groups in total. The molecule has 2 aromatic rings. The number of hydrogen-bond donors (Lipinski definition) is 1. The van der Waals surface area contributed by atoms with Gasteiger partial charge in [0.1, 0.15) is 0 Å². The highest BCUT2D eigenvalue weighted by Gasteiger charge is 2.22. The summed E-state index contributed by atoms with van der Waals surface area (Å²) in [7, 11) is 0. The number of pyridine rings is 1. The van der Waals surface area contributed by atoms with Crippen molar-refractivity contribution in [2.24, 2.45) is 0 Å². The summed E-state index contributed by atoms with van der Waals surface area (Å²) >= 11 is 0. The largest absolute Gasteiger partial charge is 0.347 e. The molecule has 1 heterocycles. The summed E-state index contributed by atoms with van der Waals surface area (Å²) in [5, 5.41) is 2.88. The standard InChI is InChI=1S/C17H19FN2O/c1-17(2,10-8-13-6-4-3-5-7-13)20-16(21)14-9-11-19-12-15(14)18/h3-7,9,11-12H,8,10H2,1-2H3,(H,20,21). The zero-order chi connectivity index (χ0) is 15.3. The summed E-state index contributed by atoms with van der Waals surface area (Å²) in [6.45, 7) is 3.87. The first kappa shape index (κ1) is 15.2. The molecule has 21 heavy (non-hydrogen) atoms. The summed E-state index contributed by atoms with van der Waals surface area (Å²) in [4.78, 5) is 15.8. The van der Waals surface area contributed by atoms with Gasteiger partial charge in [0.15, 0.2) is 5.82 Å². The monoisotopic (exact) mass is 286 g/mol. The molecule has 0 saturated heterocycles. The van der Waals surface area contributed by atoms with Crippen LogP contribution in [0.4, 0.5) is 4.39 Å². The number of halogens is 1. The van der Waals surface area contributed by atoms with E-state index in [2.05, 4.69) is 22.4 Å². The fraction of sp³-hybridized carbons (Fsp3) is 0.294. The number of carbonyl (C=O) groups excluding carboxylic acids is 1. The molecule has 0 spiro atoms. The number of carbonyl (C=O) groups is 1. The lowest BCUT2D eigenvalue weighted by molar-refractivity contribution is 0.0905. The molecule has 3 nitrogen and oxygen atoms in total. The van der Waals surface area contributed by atoms with E-state index in [9.17, 15) is 9.18 Å².